The molecular formula is C14H26N2O4. The van der Waals surface area contributed by atoms with E-state index >= 15 is 0 Å². The number of Topliss-reactive ketones (excluding diaryl/α,β-unsaturated/α-hetero) is 1. The molecule has 0 aromatic rings. The Kier molecular flexibility index (Phi) is 7.24. The standard InChI is InChI=1S/C14H26N2O4/c1-7-8-11(12(18)15-9(2)10(3)17)16-13(19)20-14(4,5)6/h9,11H,7-8H2,1-6H3,(H,15,18)(H,16,19)/t9-,11+/m0/s1. The second-order valence-corrected chi connectivity index (χ2v) is 5.83. The molecule has 2 N–H and O–H groups in total. The highest BCUT2D eigenvalue weighted by molar-refractivity contribution is 5.90. The quantitative estimate of drug-likeness (QED) is 0.779. The monoisotopic (exact) mass is 286 g/mol. The average Bonchev–Trinajstić information content (AvgIpc) is 2.25. The van der Waals surface area contributed by atoms with Crippen molar-refractivity contribution in [3.05, 3.63) is 0 Å². The van der Waals surface area contributed by atoms with Crippen LogP contribution in [0.4, 0.5) is 4.79 Å². The molecule has 0 fully saturated rings. The predicted molar refractivity (Wildman–Crippen MR) is 76.4 cm³/mol. The fourth-order valence-electron chi connectivity index (χ4n) is 1.42. The summed E-state index contributed by atoms with van der Waals surface area (Å²) in [5.74, 6) is -0.508. The largest absolute Gasteiger partial charge is 0.444 e. The Morgan fingerprint density at radius 1 is 1.15 bits per heavy atom. The van der Waals surface area contributed by atoms with E-state index in [4.69, 9.17) is 4.74 Å². The van der Waals surface area contributed by atoms with E-state index < -0.39 is 23.8 Å². The van der Waals surface area contributed by atoms with Crippen LogP contribution in [0, 0.1) is 0 Å². The van der Waals surface area contributed by atoms with Crippen LogP contribution in [0.5, 0.6) is 0 Å². The molecule has 2 amide bonds. The highest BCUT2D eigenvalue weighted by Gasteiger charge is 2.25. The Hall–Kier alpha value is -1.59. The topological polar surface area (TPSA) is 84.5 Å². The number of rotatable bonds is 6. The summed E-state index contributed by atoms with van der Waals surface area (Å²) in [7, 11) is 0. The number of carbonyl (C=O) groups is 3. The fourth-order valence-corrected chi connectivity index (χ4v) is 1.42. The lowest BCUT2D eigenvalue weighted by Crippen LogP contribution is -2.51. The van der Waals surface area contributed by atoms with Gasteiger partial charge in [-0.05, 0) is 41.0 Å². The number of carbonyl (C=O) groups excluding carboxylic acids is 3. The van der Waals surface area contributed by atoms with Crippen molar-refractivity contribution in [3.8, 4) is 0 Å². The smallest absolute Gasteiger partial charge is 0.408 e. The summed E-state index contributed by atoms with van der Waals surface area (Å²) in [6.07, 6.45) is 0.569. The third-order valence-electron chi connectivity index (χ3n) is 2.55. The molecule has 6 heteroatoms. The zero-order valence-corrected chi connectivity index (χ0v) is 13.2. The first-order chi connectivity index (χ1) is 9.06. The van der Waals surface area contributed by atoms with Crippen LogP contribution in [-0.2, 0) is 14.3 Å². The van der Waals surface area contributed by atoms with Crippen LogP contribution in [0.2, 0.25) is 0 Å². The second-order valence-electron chi connectivity index (χ2n) is 5.83. The van der Waals surface area contributed by atoms with E-state index in [0.29, 0.717) is 6.42 Å². The molecule has 0 saturated heterocycles. The first-order valence-electron chi connectivity index (χ1n) is 6.87. The number of alkyl carbamates (subject to hydrolysis) is 1. The van der Waals surface area contributed by atoms with Crippen molar-refractivity contribution >= 4 is 17.8 Å². The summed E-state index contributed by atoms with van der Waals surface area (Å²) in [6, 6.07) is -1.26. The second kappa shape index (κ2) is 7.87. The molecule has 6 nitrogen and oxygen atoms in total. The summed E-state index contributed by atoms with van der Waals surface area (Å²) in [6.45, 7) is 10.2. The minimum Gasteiger partial charge on any atom is -0.444 e. The van der Waals surface area contributed by atoms with E-state index in [-0.39, 0.29) is 11.7 Å². The van der Waals surface area contributed by atoms with Gasteiger partial charge in [0.05, 0.1) is 6.04 Å². The van der Waals surface area contributed by atoms with Crippen molar-refractivity contribution in [1.82, 2.24) is 10.6 Å². The van der Waals surface area contributed by atoms with Gasteiger partial charge in [0.1, 0.15) is 11.6 Å². The van der Waals surface area contributed by atoms with Gasteiger partial charge in [-0.15, -0.1) is 0 Å². The Bertz CT molecular complexity index is 361. The van der Waals surface area contributed by atoms with Crippen molar-refractivity contribution in [3.63, 3.8) is 0 Å². The zero-order valence-electron chi connectivity index (χ0n) is 13.2. The molecule has 0 aromatic heterocycles. The maximum Gasteiger partial charge on any atom is 0.408 e. The van der Waals surface area contributed by atoms with Crippen LogP contribution < -0.4 is 10.6 Å². The lowest BCUT2D eigenvalue weighted by molar-refractivity contribution is -0.128. The highest BCUT2D eigenvalue weighted by Crippen LogP contribution is 2.07. The minimum absolute atomic E-state index is 0.133. The average molecular weight is 286 g/mol. The normalized spacial score (nSPS) is 14.1. The van der Waals surface area contributed by atoms with Gasteiger partial charge >= 0.3 is 6.09 Å². The van der Waals surface area contributed by atoms with Crippen LogP contribution in [0.25, 0.3) is 0 Å². The maximum atomic E-state index is 12.0. The molecular weight excluding hydrogens is 260 g/mol. The molecule has 0 radical (unpaired) electrons. The molecule has 0 spiro atoms. The number of hydrogen-bond donors (Lipinski definition) is 2. The van der Waals surface area contributed by atoms with Gasteiger partial charge in [-0.3, -0.25) is 9.59 Å². The number of amides is 2. The highest BCUT2D eigenvalue weighted by atomic mass is 16.6. The Balaban J connectivity index is 4.59. The third-order valence-corrected chi connectivity index (χ3v) is 2.55. The van der Waals surface area contributed by atoms with Crippen LogP contribution in [0.1, 0.15) is 54.4 Å². The Morgan fingerprint density at radius 3 is 2.10 bits per heavy atom. The van der Waals surface area contributed by atoms with Gasteiger partial charge in [0.2, 0.25) is 5.91 Å². The van der Waals surface area contributed by atoms with Crippen LogP contribution >= 0.6 is 0 Å². The number of ether oxygens (including phenoxy) is 1. The molecule has 0 aliphatic heterocycles. The van der Waals surface area contributed by atoms with Crippen LogP contribution in [0.3, 0.4) is 0 Å². The van der Waals surface area contributed by atoms with Gasteiger partial charge in [0.15, 0.2) is 5.78 Å². The molecule has 0 aliphatic carbocycles. The van der Waals surface area contributed by atoms with Crippen molar-refractivity contribution in [1.29, 1.82) is 0 Å². The Morgan fingerprint density at radius 2 is 1.70 bits per heavy atom. The molecule has 116 valence electrons. The fraction of sp³-hybridized carbons (Fsp3) is 0.786. The molecule has 0 bridgehead atoms. The molecule has 0 aliphatic rings. The zero-order chi connectivity index (χ0) is 15.9. The van der Waals surface area contributed by atoms with E-state index in [1.807, 2.05) is 6.92 Å². The molecule has 0 unspecified atom stereocenters. The van der Waals surface area contributed by atoms with Crippen LogP contribution in [-0.4, -0.2) is 35.5 Å². The summed E-state index contributed by atoms with van der Waals surface area (Å²) in [4.78, 5) is 34.8. The first-order valence-corrected chi connectivity index (χ1v) is 6.87. The van der Waals surface area contributed by atoms with Gasteiger partial charge < -0.3 is 15.4 Å². The number of nitrogens with one attached hydrogen (secondary N) is 2. The lowest BCUT2D eigenvalue weighted by Gasteiger charge is -2.23. The van der Waals surface area contributed by atoms with Crippen molar-refractivity contribution in [2.24, 2.45) is 0 Å². The lowest BCUT2D eigenvalue weighted by atomic mass is 10.1. The van der Waals surface area contributed by atoms with Gasteiger partial charge in [-0.2, -0.15) is 0 Å². The molecule has 0 saturated carbocycles. The molecule has 2 atom stereocenters. The summed E-state index contributed by atoms with van der Waals surface area (Å²) >= 11 is 0. The van der Waals surface area contributed by atoms with Crippen molar-refractivity contribution in [2.75, 3.05) is 0 Å². The van der Waals surface area contributed by atoms with E-state index in [1.54, 1.807) is 27.7 Å². The Labute approximate surface area is 120 Å². The SMILES string of the molecule is CCC[C@@H](NC(=O)OC(C)(C)C)C(=O)N[C@@H](C)C(C)=O. The summed E-state index contributed by atoms with van der Waals surface area (Å²) < 4.78 is 5.12. The van der Waals surface area contributed by atoms with E-state index in [2.05, 4.69) is 10.6 Å². The van der Waals surface area contributed by atoms with Crippen molar-refractivity contribution < 1.29 is 19.1 Å². The van der Waals surface area contributed by atoms with Crippen molar-refractivity contribution in [2.45, 2.75) is 72.1 Å². The summed E-state index contributed by atoms with van der Waals surface area (Å²) in [5.41, 5.74) is -0.621. The van der Waals surface area contributed by atoms with E-state index in [9.17, 15) is 14.4 Å². The van der Waals surface area contributed by atoms with Gasteiger partial charge in [0, 0.05) is 0 Å². The molecule has 0 rings (SSSR count). The van der Waals surface area contributed by atoms with Crippen LogP contribution in [0.15, 0.2) is 0 Å². The number of hydrogen-bond acceptors (Lipinski definition) is 4. The molecule has 20 heavy (non-hydrogen) atoms. The first kappa shape index (κ1) is 18.4. The van der Waals surface area contributed by atoms with E-state index in [1.165, 1.54) is 6.92 Å². The predicted octanol–water partition coefficient (Wildman–Crippen LogP) is 1.77. The minimum atomic E-state index is -0.698. The summed E-state index contributed by atoms with van der Waals surface area (Å²) in [5, 5.41) is 5.11. The van der Waals surface area contributed by atoms with E-state index in [0.717, 1.165) is 6.42 Å². The molecule has 0 heterocycles. The molecule has 0 aromatic carbocycles. The van der Waals surface area contributed by atoms with Gasteiger partial charge in [-0.25, -0.2) is 4.79 Å². The van der Waals surface area contributed by atoms with Gasteiger partial charge in [-0.1, -0.05) is 13.3 Å². The third kappa shape index (κ3) is 7.76. The number of ketones is 1. The van der Waals surface area contributed by atoms with Gasteiger partial charge in [0.25, 0.3) is 0 Å². The maximum absolute atomic E-state index is 12.0.